The highest BCUT2D eigenvalue weighted by Crippen LogP contribution is 2.29. The molecule has 1 aliphatic rings. The molecule has 2 N–H and O–H groups in total. The zero-order valence-electron chi connectivity index (χ0n) is 18.6. The summed E-state index contributed by atoms with van der Waals surface area (Å²) in [6.07, 6.45) is 1.62. The van der Waals surface area contributed by atoms with Crippen molar-refractivity contribution in [1.82, 2.24) is 15.6 Å². The highest BCUT2D eigenvalue weighted by molar-refractivity contribution is 6.42. The maximum absolute atomic E-state index is 12.4. The molecule has 0 radical (unpaired) electrons. The molecule has 1 aromatic heterocycles. The third-order valence-corrected chi connectivity index (χ3v) is 6.01. The Morgan fingerprint density at radius 1 is 1.06 bits per heavy atom. The minimum atomic E-state index is -0.661. The van der Waals surface area contributed by atoms with E-state index < -0.39 is 17.6 Å². The van der Waals surface area contributed by atoms with Crippen LogP contribution in [0, 0.1) is 6.92 Å². The van der Waals surface area contributed by atoms with Crippen LogP contribution in [-0.2, 0) is 27.3 Å². The summed E-state index contributed by atoms with van der Waals surface area (Å²) in [7, 11) is 0. The largest absolute Gasteiger partial charge is 0.345 e. The molecule has 33 heavy (non-hydrogen) atoms. The number of hydrogen-bond donors (Lipinski definition) is 2. The highest BCUT2D eigenvalue weighted by Gasteiger charge is 2.29. The lowest BCUT2D eigenvalue weighted by atomic mass is 9.88. The Balaban J connectivity index is 1.49. The van der Waals surface area contributed by atoms with Crippen LogP contribution in [0.4, 0.5) is 0 Å². The second kappa shape index (κ2) is 9.32. The number of imide groups is 1. The van der Waals surface area contributed by atoms with Crippen LogP contribution in [-0.4, -0.2) is 28.5 Å². The Hall–Kier alpha value is -3.87. The Labute approximate surface area is 191 Å². The number of hydrogen-bond acceptors (Lipinski definition) is 5. The number of aryl methyl sites for hydroxylation is 2. The Morgan fingerprint density at radius 2 is 1.79 bits per heavy atom. The first-order valence-electron chi connectivity index (χ1n) is 11.0. The van der Waals surface area contributed by atoms with Crippen LogP contribution in [0.3, 0.4) is 0 Å². The molecule has 0 bridgehead atoms. The summed E-state index contributed by atoms with van der Waals surface area (Å²) in [5, 5.41) is 5.90. The van der Waals surface area contributed by atoms with Gasteiger partial charge < -0.3 is 5.32 Å². The Bertz CT molecular complexity index is 1260. The topological polar surface area (TPSA) is 105 Å². The molecule has 168 valence electrons. The molecule has 4 rings (SSSR count). The maximum Gasteiger partial charge on any atom is 0.292 e. The summed E-state index contributed by atoms with van der Waals surface area (Å²) < 4.78 is 0. The van der Waals surface area contributed by atoms with Gasteiger partial charge >= 0.3 is 0 Å². The second-order valence-corrected chi connectivity index (χ2v) is 8.26. The van der Waals surface area contributed by atoms with Gasteiger partial charge in [-0.3, -0.25) is 29.5 Å². The van der Waals surface area contributed by atoms with Crippen molar-refractivity contribution < 1.29 is 19.2 Å². The number of benzene rings is 2. The van der Waals surface area contributed by atoms with Crippen molar-refractivity contribution in [3.63, 3.8) is 0 Å². The fourth-order valence-corrected chi connectivity index (χ4v) is 4.08. The number of pyridine rings is 1. The lowest BCUT2D eigenvalue weighted by molar-refractivity contribution is -0.134. The number of nitrogens with one attached hydrogen (secondary N) is 2. The first-order valence-corrected chi connectivity index (χ1v) is 11.0. The number of ketones is 1. The number of carbonyl (C=O) groups is 4. The van der Waals surface area contributed by atoms with E-state index in [1.165, 1.54) is 0 Å². The molecule has 2 aromatic carbocycles. The molecule has 0 saturated carbocycles. The van der Waals surface area contributed by atoms with Crippen molar-refractivity contribution in [2.75, 3.05) is 0 Å². The lowest BCUT2D eigenvalue weighted by Gasteiger charge is -2.22. The normalized spacial score (nSPS) is 15.9. The number of amides is 3. The maximum atomic E-state index is 12.4. The molecular weight excluding hydrogens is 418 g/mol. The summed E-state index contributed by atoms with van der Waals surface area (Å²) in [4.78, 5) is 53.2. The summed E-state index contributed by atoms with van der Waals surface area (Å²) >= 11 is 0. The van der Waals surface area contributed by atoms with E-state index in [0.717, 1.165) is 39.7 Å². The summed E-state index contributed by atoms with van der Waals surface area (Å²) in [5.41, 5.74) is 4.58. The fourth-order valence-electron chi connectivity index (χ4n) is 4.08. The van der Waals surface area contributed by atoms with Gasteiger partial charge in [0.15, 0.2) is 0 Å². The number of aromatic nitrogens is 1. The van der Waals surface area contributed by atoms with Crippen molar-refractivity contribution in [2.45, 2.75) is 45.6 Å². The van der Waals surface area contributed by atoms with Gasteiger partial charge in [-0.2, -0.15) is 0 Å². The highest BCUT2D eigenvalue weighted by atomic mass is 16.2. The fraction of sp³-hybridized carbons (Fsp3) is 0.269. The molecule has 7 nitrogen and oxygen atoms in total. The van der Waals surface area contributed by atoms with Gasteiger partial charge in [0, 0.05) is 29.6 Å². The minimum absolute atomic E-state index is 0.190. The zero-order valence-corrected chi connectivity index (χ0v) is 18.6. The van der Waals surface area contributed by atoms with E-state index >= 15 is 0 Å². The van der Waals surface area contributed by atoms with Gasteiger partial charge in [-0.1, -0.05) is 37.3 Å². The van der Waals surface area contributed by atoms with Crippen LogP contribution in [0.5, 0.6) is 0 Å². The minimum Gasteiger partial charge on any atom is -0.345 e. The van der Waals surface area contributed by atoms with Gasteiger partial charge in [0.1, 0.15) is 0 Å². The Kier molecular flexibility index (Phi) is 6.31. The van der Waals surface area contributed by atoms with Crippen molar-refractivity contribution in [2.24, 2.45) is 0 Å². The average Bonchev–Trinajstić information content (AvgIpc) is 2.82. The number of piperidine rings is 1. The SMILES string of the molecule is CCc1ccc(C(=O)C(=O)NCc2ccc3nc(C)c(C4CCC(=O)NC4=O)cc3c2)cc1. The third kappa shape index (κ3) is 4.82. The van der Waals surface area contributed by atoms with E-state index in [9.17, 15) is 19.2 Å². The average molecular weight is 444 g/mol. The molecule has 2 heterocycles. The summed E-state index contributed by atoms with van der Waals surface area (Å²) in [6.45, 7) is 4.07. The van der Waals surface area contributed by atoms with E-state index in [0.29, 0.717) is 18.4 Å². The van der Waals surface area contributed by atoms with Gasteiger partial charge in [-0.15, -0.1) is 0 Å². The number of fused-ring (bicyclic) bond motifs is 1. The molecule has 1 atom stereocenters. The summed E-state index contributed by atoms with van der Waals surface area (Å²) in [5.74, 6) is -2.21. The van der Waals surface area contributed by atoms with Crippen LogP contribution < -0.4 is 10.6 Å². The number of Topliss-reactive ketones (excluding diaryl/α,β-unsaturated/α-hetero) is 1. The Morgan fingerprint density at radius 3 is 2.48 bits per heavy atom. The molecule has 1 aliphatic heterocycles. The van der Waals surface area contributed by atoms with E-state index in [1.54, 1.807) is 12.1 Å². The van der Waals surface area contributed by atoms with Crippen LogP contribution in [0.25, 0.3) is 10.9 Å². The third-order valence-electron chi connectivity index (χ3n) is 6.01. The first kappa shape index (κ1) is 22.3. The van der Waals surface area contributed by atoms with Crippen molar-refractivity contribution in [3.05, 3.63) is 76.5 Å². The van der Waals surface area contributed by atoms with Gasteiger partial charge in [-0.05, 0) is 54.7 Å². The zero-order chi connectivity index (χ0) is 23.5. The molecule has 3 amide bonds. The number of carbonyl (C=O) groups excluding carboxylic acids is 4. The molecular formula is C26H25N3O4. The van der Waals surface area contributed by atoms with Crippen molar-refractivity contribution >= 4 is 34.4 Å². The van der Waals surface area contributed by atoms with E-state index in [1.807, 2.05) is 50.2 Å². The van der Waals surface area contributed by atoms with Crippen LogP contribution >= 0.6 is 0 Å². The molecule has 1 unspecified atom stereocenters. The first-order chi connectivity index (χ1) is 15.9. The van der Waals surface area contributed by atoms with Crippen LogP contribution in [0.2, 0.25) is 0 Å². The quantitative estimate of drug-likeness (QED) is 0.346. The number of rotatable bonds is 6. The van der Waals surface area contributed by atoms with Crippen LogP contribution in [0.1, 0.15) is 58.4 Å². The second-order valence-electron chi connectivity index (χ2n) is 8.26. The molecule has 0 spiro atoms. The summed E-state index contributed by atoms with van der Waals surface area (Å²) in [6, 6.07) is 14.5. The van der Waals surface area contributed by atoms with E-state index in [4.69, 9.17) is 0 Å². The lowest BCUT2D eigenvalue weighted by Crippen LogP contribution is -2.39. The molecule has 0 aliphatic carbocycles. The van der Waals surface area contributed by atoms with Crippen molar-refractivity contribution in [1.29, 1.82) is 0 Å². The number of nitrogens with zero attached hydrogens (tertiary/aromatic N) is 1. The molecule has 1 fully saturated rings. The van der Waals surface area contributed by atoms with Gasteiger partial charge in [-0.25, -0.2) is 0 Å². The van der Waals surface area contributed by atoms with Crippen LogP contribution in [0.15, 0.2) is 48.5 Å². The predicted octanol–water partition coefficient (Wildman–Crippen LogP) is 3.12. The standard InChI is InChI=1S/C26H25N3O4/c1-3-16-4-7-18(8-5-16)24(31)26(33)27-14-17-6-10-22-19(12-17)13-21(15(2)28-22)20-9-11-23(30)29-25(20)32/h4-8,10,12-13,20H,3,9,11,14H2,1-2H3,(H,27,33)(H,29,30,32). The van der Waals surface area contributed by atoms with Gasteiger partial charge in [0.2, 0.25) is 17.6 Å². The predicted molar refractivity (Wildman–Crippen MR) is 124 cm³/mol. The van der Waals surface area contributed by atoms with Gasteiger partial charge in [0.05, 0.1) is 11.4 Å². The monoisotopic (exact) mass is 443 g/mol. The molecule has 7 heteroatoms. The van der Waals surface area contributed by atoms with Gasteiger partial charge in [0.25, 0.3) is 5.91 Å². The molecule has 3 aromatic rings. The molecule has 1 saturated heterocycles. The smallest absolute Gasteiger partial charge is 0.292 e. The van der Waals surface area contributed by atoms with Crippen molar-refractivity contribution in [3.8, 4) is 0 Å². The van der Waals surface area contributed by atoms with E-state index in [-0.39, 0.29) is 18.4 Å². The van der Waals surface area contributed by atoms with E-state index in [2.05, 4.69) is 15.6 Å².